The summed E-state index contributed by atoms with van der Waals surface area (Å²) in [4.78, 5) is 12.2. The zero-order valence-electron chi connectivity index (χ0n) is 9.94. The molecule has 98 valence electrons. The van der Waals surface area contributed by atoms with Crippen molar-refractivity contribution in [3.63, 3.8) is 0 Å². The lowest BCUT2D eigenvalue weighted by atomic mass is 10.0. The molecule has 4 rings (SSSR count). The monoisotopic (exact) mass is 277 g/mol. The number of Topliss-reactive ketones (excluding diaryl/α,β-unsaturated/α-hetero) is 1. The third-order valence-electron chi connectivity index (χ3n) is 3.66. The number of nitrogens with zero attached hydrogens (tertiary/aromatic N) is 1. The molecule has 3 heterocycles. The van der Waals surface area contributed by atoms with Crippen LogP contribution in [0.5, 0.6) is 0 Å². The molecule has 0 N–H and O–H groups in total. The van der Waals surface area contributed by atoms with Gasteiger partial charge in [0.05, 0.1) is 18.2 Å². The van der Waals surface area contributed by atoms with Crippen LogP contribution in [-0.4, -0.2) is 29.4 Å². The fourth-order valence-electron chi connectivity index (χ4n) is 2.78. The Bertz CT molecular complexity index is 719. The largest absolute Gasteiger partial charge is 0.429 e. The maximum Gasteiger partial charge on any atom is 0.269 e. The Morgan fingerprint density at radius 1 is 1.32 bits per heavy atom. The second kappa shape index (κ2) is 4.00. The zero-order valence-corrected chi connectivity index (χ0v) is 10.8. The molecule has 1 aromatic heterocycles. The number of carbonyl (C=O) groups excluding carboxylic acids is 1. The Morgan fingerprint density at radius 3 is 3.05 bits per heavy atom. The van der Waals surface area contributed by atoms with Crippen LogP contribution in [0.25, 0.3) is 11.1 Å². The highest BCUT2D eigenvalue weighted by Gasteiger charge is 2.44. The van der Waals surface area contributed by atoms with Gasteiger partial charge in [0.1, 0.15) is 6.10 Å². The van der Waals surface area contributed by atoms with E-state index in [2.05, 4.69) is 0 Å². The van der Waals surface area contributed by atoms with Gasteiger partial charge in [-0.1, -0.05) is 12.1 Å². The summed E-state index contributed by atoms with van der Waals surface area (Å²) in [5, 5.41) is 0. The number of oxazole rings is 1. The summed E-state index contributed by atoms with van der Waals surface area (Å²) in [6.45, 7) is 0.419. The molecule has 19 heavy (non-hydrogen) atoms. The normalized spacial score (nSPS) is 30.1. The van der Waals surface area contributed by atoms with Gasteiger partial charge in [-0.2, -0.15) is 0 Å². The lowest BCUT2D eigenvalue weighted by Gasteiger charge is -2.27. The molecule has 2 saturated heterocycles. The molecule has 1 aromatic carbocycles. The van der Waals surface area contributed by atoms with E-state index in [1.54, 1.807) is 0 Å². The van der Waals surface area contributed by atoms with Crippen LogP contribution in [0.3, 0.4) is 0 Å². The summed E-state index contributed by atoms with van der Waals surface area (Å²) in [6, 6.07) is 7.45. The molecule has 2 fully saturated rings. The van der Waals surface area contributed by atoms with Crippen molar-refractivity contribution in [3.8, 4) is 0 Å². The van der Waals surface area contributed by atoms with Crippen molar-refractivity contribution in [2.45, 2.75) is 24.9 Å². The van der Waals surface area contributed by atoms with Crippen LogP contribution in [0.4, 0.5) is 0 Å². The SMILES string of the molecule is O=C1CC(n2c(=S)oc3ccccc32)C2COC1O2. The first-order valence-corrected chi connectivity index (χ1v) is 6.55. The standard InChI is InChI=1S/C13H11NO4S/c15-9-5-8(11-6-16-12(9)17-11)14-7-3-1-2-4-10(7)18-13(14)19/h1-4,8,11-12H,5-6H2. The molecular formula is C13H11NO4S. The number of rotatable bonds is 1. The maximum absolute atomic E-state index is 11.9. The van der Waals surface area contributed by atoms with E-state index in [1.165, 1.54) is 0 Å². The second-order valence-corrected chi connectivity index (χ2v) is 5.13. The number of benzene rings is 1. The lowest BCUT2D eigenvalue weighted by molar-refractivity contribution is -0.156. The van der Waals surface area contributed by atoms with Crippen molar-refractivity contribution in [1.29, 1.82) is 0 Å². The minimum atomic E-state index is -0.686. The molecule has 0 amide bonds. The van der Waals surface area contributed by atoms with Crippen molar-refractivity contribution in [2.24, 2.45) is 0 Å². The summed E-state index contributed by atoms with van der Waals surface area (Å²) >= 11 is 5.28. The van der Waals surface area contributed by atoms with Gasteiger partial charge in [0.25, 0.3) is 4.84 Å². The third-order valence-corrected chi connectivity index (χ3v) is 3.94. The molecule has 0 spiro atoms. The highest BCUT2D eigenvalue weighted by atomic mass is 32.1. The summed E-state index contributed by atoms with van der Waals surface area (Å²) in [7, 11) is 0. The molecule has 3 unspecified atom stereocenters. The second-order valence-electron chi connectivity index (χ2n) is 4.78. The zero-order chi connectivity index (χ0) is 13.0. The van der Waals surface area contributed by atoms with E-state index in [1.807, 2.05) is 28.8 Å². The third kappa shape index (κ3) is 1.60. The van der Waals surface area contributed by atoms with E-state index >= 15 is 0 Å². The molecule has 2 aliphatic rings. The molecule has 6 heteroatoms. The van der Waals surface area contributed by atoms with Crippen LogP contribution in [0.1, 0.15) is 12.5 Å². The van der Waals surface area contributed by atoms with E-state index in [0.717, 1.165) is 11.1 Å². The van der Waals surface area contributed by atoms with Crippen LogP contribution in [0.2, 0.25) is 0 Å². The Kier molecular flexibility index (Phi) is 2.38. The highest BCUT2D eigenvalue weighted by molar-refractivity contribution is 7.71. The first kappa shape index (κ1) is 11.3. The Hall–Kier alpha value is -1.50. The fourth-order valence-corrected chi connectivity index (χ4v) is 3.10. The summed E-state index contributed by atoms with van der Waals surface area (Å²) < 4.78 is 18.3. The number of aromatic nitrogens is 1. The van der Waals surface area contributed by atoms with E-state index in [-0.39, 0.29) is 17.9 Å². The van der Waals surface area contributed by atoms with E-state index in [0.29, 0.717) is 17.9 Å². The van der Waals surface area contributed by atoms with Gasteiger partial charge in [-0.3, -0.25) is 9.36 Å². The van der Waals surface area contributed by atoms with Crippen molar-refractivity contribution < 1.29 is 18.7 Å². The average Bonchev–Trinajstić information content (AvgIpc) is 2.96. The van der Waals surface area contributed by atoms with Gasteiger partial charge in [-0.25, -0.2) is 0 Å². The first-order valence-electron chi connectivity index (χ1n) is 6.14. The van der Waals surface area contributed by atoms with E-state index < -0.39 is 6.29 Å². The van der Waals surface area contributed by atoms with Gasteiger partial charge < -0.3 is 13.9 Å². The van der Waals surface area contributed by atoms with Gasteiger partial charge >= 0.3 is 0 Å². The molecule has 0 saturated carbocycles. The van der Waals surface area contributed by atoms with Crippen LogP contribution in [-0.2, 0) is 14.3 Å². The topological polar surface area (TPSA) is 53.6 Å². The summed E-state index contributed by atoms with van der Waals surface area (Å²) in [5.41, 5.74) is 1.61. The Labute approximate surface area is 113 Å². The fraction of sp³-hybridized carbons (Fsp3) is 0.385. The number of ketones is 1. The maximum atomic E-state index is 11.9. The smallest absolute Gasteiger partial charge is 0.269 e. The molecule has 3 atom stereocenters. The summed E-state index contributed by atoms with van der Waals surface area (Å²) in [6.07, 6.45) is -0.461. The molecule has 2 aliphatic heterocycles. The molecule has 2 bridgehead atoms. The van der Waals surface area contributed by atoms with Gasteiger partial charge in [-0.05, 0) is 24.4 Å². The number of hydrogen-bond donors (Lipinski definition) is 0. The lowest BCUT2D eigenvalue weighted by Crippen LogP contribution is -2.36. The van der Waals surface area contributed by atoms with Crippen molar-refractivity contribution in [2.75, 3.05) is 6.61 Å². The molecule has 0 aliphatic carbocycles. The first-order chi connectivity index (χ1) is 9.24. The molecule has 0 radical (unpaired) electrons. The van der Waals surface area contributed by atoms with Crippen LogP contribution in [0.15, 0.2) is 28.7 Å². The van der Waals surface area contributed by atoms with Gasteiger partial charge in [0, 0.05) is 6.42 Å². The number of fused-ring (bicyclic) bond motifs is 3. The summed E-state index contributed by atoms with van der Waals surface area (Å²) in [5.74, 6) is -0.0362. The predicted octanol–water partition coefficient (Wildman–Crippen LogP) is 2.22. The predicted molar refractivity (Wildman–Crippen MR) is 68.3 cm³/mol. The number of para-hydroxylation sites is 2. The number of ether oxygens (including phenoxy) is 2. The Morgan fingerprint density at radius 2 is 2.16 bits per heavy atom. The van der Waals surface area contributed by atoms with E-state index in [4.69, 9.17) is 26.1 Å². The number of carbonyl (C=O) groups is 1. The average molecular weight is 277 g/mol. The van der Waals surface area contributed by atoms with Crippen LogP contribution in [0, 0.1) is 4.84 Å². The molecular weight excluding hydrogens is 266 g/mol. The quantitative estimate of drug-likeness (QED) is 0.748. The van der Waals surface area contributed by atoms with E-state index in [9.17, 15) is 4.79 Å². The minimum absolute atomic E-state index is 0.0362. The van der Waals surface area contributed by atoms with Gasteiger partial charge in [0.15, 0.2) is 11.4 Å². The highest BCUT2D eigenvalue weighted by Crippen LogP contribution is 2.35. The van der Waals surface area contributed by atoms with Crippen LogP contribution >= 0.6 is 12.2 Å². The minimum Gasteiger partial charge on any atom is -0.429 e. The van der Waals surface area contributed by atoms with Gasteiger partial charge in [0.2, 0.25) is 6.29 Å². The van der Waals surface area contributed by atoms with Crippen molar-refractivity contribution in [1.82, 2.24) is 4.57 Å². The Balaban J connectivity index is 1.88. The molecule has 5 nitrogen and oxygen atoms in total. The van der Waals surface area contributed by atoms with Crippen LogP contribution < -0.4 is 0 Å². The number of hydrogen-bond acceptors (Lipinski definition) is 5. The van der Waals surface area contributed by atoms with Crippen molar-refractivity contribution in [3.05, 3.63) is 29.1 Å². The van der Waals surface area contributed by atoms with Crippen molar-refractivity contribution >= 4 is 29.1 Å². The van der Waals surface area contributed by atoms with Gasteiger partial charge in [-0.15, -0.1) is 0 Å². The molecule has 2 aromatic rings.